The molecule has 0 saturated carbocycles. The van der Waals surface area contributed by atoms with Crippen LogP contribution in [0.3, 0.4) is 0 Å². The number of H-pyrrole nitrogens is 1. The maximum absolute atomic E-state index is 12.4. The summed E-state index contributed by atoms with van der Waals surface area (Å²) < 4.78 is 6.81. The van der Waals surface area contributed by atoms with E-state index in [4.69, 9.17) is 40.2 Å². The molecule has 0 spiro atoms. The number of halogens is 2. The van der Waals surface area contributed by atoms with Gasteiger partial charge >= 0.3 is 5.97 Å². The van der Waals surface area contributed by atoms with Crippen LogP contribution in [0.4, 0.5) is 5.82 Å². The van der Waals surface area contributed by atoms with E-state index in [1.165, 1.54) is 7.11 Å². The van der Waals surface area contributed by atoms with Crippen LogP contribution in [0.25, 0.3) is 0 Å². The maximum Gasteiger partial charge on any atom is 0.358 e. The molecule has 2 rings (SSSR count). The molecule has 1 amide bonds. The molecule has 1 unspecified atom stereocenters. The molecule has 140 valence electrons. The summed E-state index contributed by atoms with van der Waals surface area (Å²) in [4.78, 5) is 27.1. The smallest absolute Gasteiger partial charge is 0.358 e. The van der Waals surface area contributed by atoms with Crippen LogP contribution in [0.5, 0.6) is 0 Å². The monoisotopic (exact) mass is 415 g/mol. The average molecular weight is 416 g/mol. The number of ether oxygens (including phenoxy) is 1. The lowest BCUT2D eigenvalue weighted by molar-refractivity contribution is -0.115. The van der Waals surface area contributed by atoms with Gasteiger partial charge in [-0.3, -0.25) is 4.79 Å². The van der Waals surface area contributed by atoms with E-state index in [-0.39, 0.29) is 34.7 Å². The number of nitrogens with one attached hydrogen (secondary N) is 2. The molecule has 0 radical (unpaired) electrons. The molecule has 0 aliphatic heterocycles. The van der Waals surface area contributed by atoms with Crippen molar-refractivity contribution in [3.8, 4) is 0 Å². The summed E-state index contributed by atoms with van der Waals surface area (Å²) >= 11 is 17.5. The second-order valence-corrected chi connectivity index (χ2v) is 6.72. The van der Waals surface area contributed by atoms with E-state index in [1.54, 1.807) is 23.6 Å². The van der Waals surface area contributed by atoms with Gasteiger partial charge in [-0.1, -0.05) is 43.1 Å². The predicted octanol–water partition coefficient (Wildman–Crippen LogP) is 4.99. The van der Waals surface area contributed by atoms with Gasteiger partial charge in [-0.05, 0) is 36.3 Å². The van der Waals surface area contributed by atoms with Gasteiger partial charge in [-0.2, -0.15) is 0 Å². The molecule has 1 aromatic carbocycles. The summed E-state index contributed by atoms with van der Waals surface area (Å²) in [6.07, 6.45) is 0.881. The zero-order valence-electron chi connectivity index (χ0n) is 14.6. The number of carbonyl (C=O) groups is 2. The van der Waals surface area contributed by atoms with E-state index < -0.39 is 5.97 Å². The number of aromatic amines is 1. The van der Waals surface area contributed by atoms with E-state index in [2.05, 4.69) is 10.3 Å². The van der Waals surface area contributed by atoms with Crippen molar-refractivity contribution in [3.63, 3.8) is 0 Å². The van der Waals surface area contributed by atoms with E-state index in [0.717, 1.165) is 5.56 Å². The van der Waals surface area contributed by atoms with Crippen molar-refractivity contribution < 1.29 is 14.3 Å². The van der Waals surface area contributed by atoms with Crippen molar-refractivity contribution in [3.05, 3.63) is 44.3 Å². The van der Waals surface area contributed by atoms with Gasteiger partial charge in [-0.25, -0.2) is 4.79 Å². The number of hydrogen-bond acceptors (Lipinski definition) is 4. The van der Waals surface area contributed by atoms with E-state index in [0.29, 0.717) is 16.5 Å². The Labute approximate surface area is 166 Å². The summed E-state index contributed by atoms with van der Waals surface area (Å²) in [6, 6.07) is 4.95. The number of aromatic nitrogens is 2. The summed E-state index contributed by atoms with van der Waals surface area (Å²) in [5, 5.41) is 3.50. The number of hydrogen-bond donors (Lipinski definition) is 2. The Kier molecular flexibility index (Phi) is 6.86. The number of imidazole rings is 1. The molecule has 9 heteroatoms. The molecule has 26 heavy (non-hydrogen) atoms. The fourth-order valence-corrected chi connectivity index (χ4v) is 3.28. The first-order chi connectivity index (χ1) is 12.3. The first kappa shape index (κ1) is 20.5. The molecule has 2 aromatic rings. The Morgan fingerprint density at radius 3 is 2.54 bits per heavy atom. The fourth-order valence-electron chi connectivity index (χ4n) is 2.65. The van der Waals surface area contributed by atoms with Crippen molar-refractivity contribution in [2.45, 2.75) is 32.7 Å². The number of amides is 1. The second kappa shape index (κ2) is 8.70. The van der Waals surface area contributed by atoms with Crippen molar-refractivity contribution in [1.82, 2.24) is 9.55 Å². The highest BCUT2D eigenvalue weighted by Crippen LogP contribution is 2.32. The van der Waals surface area contributed by atoms with Gasteiger partial charge in [0.05, 0.1) is 23.2 Å². The van der Waals surface area contributed by atoms with Crippen LogP contribution >= 0.6 is 35.4 Å². The van der Waals surface area contributed by atoms with Crippen LogP contribution in [0.15, 0.2) is 18.2 Å². The Balaban J connectivity index is 2.65. The second-order valence-electron chi connectivity index (χ2n) is 5.51. The highest BCUT2D eigenvalue weighted by atomic mass is 35.5. The molecular weight excluding hydrogens is 397 g/mol. The van der Waals surface area contributed by atoms with Crippen molar-refractivity contribution >= 4 is 53.1 Å². The lowest BCUT2D eigenvalue weighted by atomic mass is 10.0. The highest BCUT2D eigenvalue weighted by Gasteiger charge is 2.26. The number of carbonyl (C=O) groups excluding carboxylic acids is 2. The van der Waals surface area contributed by atoms with Gasteiger partial charge in [0.15, 0.2) is 10.5 Å². The minimum Gasteiger partial charge on any atom is -0.464 e. The number of esters is 1. The van der Waals surface area contributed by atoms with Crippen LogP contribution in [-0.2, 0) is 9.53 Å². The van der Waals surface area contributed by atoms with Crippen molar-refractivity contribution in [1.29, 1.82) is 0 Å². The quantitative estimate of drug-likeness (QED) is 0.514. The topological polar surface area (TPSA) is 76.1 Å². The first-order valence-electron chi connectivity index (χ1n) is 8.01. The van der Waals surface area contributed by atoms with E-state index >= 15 is 0 Å². The third-order valence-corrected chi connectivity index (χ3v) is 4.96. The minimum absolute atomic E-state index is 0.150. The number of nitrogens with zero attached hydrogens (tertiary/aromatic N) is 1. The van der Waals surface area contributed by atoms with E-state index in [1.807, 2.05) is 13.0 Å². The van der Waals surface area contributed by atoms with Crippen LogP contribution in [0, 0.1) is 4.77 Å². The maximum atomic E-state index is 12.4. The average Bonchev–Trinajstić information content (AvgIpc) is 2.93. The summed E-state index contributed by atoms with van der Waals surface area (Å²) in [6.45, 7) is 3.66. The largest absolute Gasteiger partial charge is 0.464 e. The van der Waals surface area contributed by atoms with Gasteiger partial charge in [0.2, 0.25) is 5.91 Å². The van der Waals surface area contributed by atoms with Crippen LogP contribution in [-0.4, -0.2) is 28.5 Å². The van der Waals surface area contributed by atoms with Crippen molar-refractivity contribution in [2.75, 3.05) is 12.4 Å². The molecule has 1 heterocycles. The number of anilines is 1. The predicted molar refractivity (Wildman–Crippen MR) is 105 cm³/mol. The molecule has 0 aliphatic carbocycles. The molecule has 1 atom stereocenters. The number of rotatable bonds is 6. The Hall–Kier alpha value is -1.83. The lowest BCUT2D eigenvalue weighted by Crippen LogP contribution is -2.20. The van der Waals surface area contributed by atoms with Crippen LogP contribution < -0.4 is 5.32 Å². The molecule has 0 saturated heterocycles. The number of benzene rings is 1. The van der Waals surface area contributed by atoms with Gasteiger partial charge < -0.3 is 19.6 Å². The molecule has 0 fully saturated rings. The zero-order chi connectivity index (χ0) is 19.4. The summed E-state index contributed by atoms with van der Waals surface area (Å²) in [7, 11) is 1.27. The highest BCUT2D eigenvalue weighted by molar-refractivity contribution is 7.71. The SMILES string of the molecule is CCC(=O)Nc1[nH]c(=S)n(C(CC)c2ccc(Cl)c(Cl)c2)c1C(=O)OC. The molecular formula is C17H19Cl2N3O3S. The Bertz CT molecular complexity index is 892. The summed E-state index contributed by atoms with van der Waals surface area (Å²) in [5.74, 6) is -0.643. The van der Waals surface area contributed by atoms with Gasteiger partial charge in [0.25, 0.3) is 0 Å². The van der Waals surface area contributed by atoms with E-state index in [9.17, 15) is 9.59 Å². The first-order valence-corrected chi connectivity index (χ1v) is 9.18. The molecule has 2 N–H and O–H groups in total. The standard InChI is InChI=1S/C17H19Cl2N3O3S/c1-4-12(9-6-7-10(18)11(19)8-9)22-14(16(24)25-3)15(21-17(22)26)20-13(23)5-2/h6-8,12H,4-5H2,1-3H3,(H,20,23)(H,21,26). The fraction of sp³-hybridized carbons (Fsp3) is 0.353. The Morgan fingerprint density at radius 1 is 1.31 bits per heavy atom. The zero-order valence-corrected chi connectivity index (χ0v) is 16.9. The Morgan fingerprint density at radius 2 is 2.00 bits per heavy atom. The van der Waals surface area contributed by atoms with Gasteiger partial charge in [-0.15, -0.1) is 0 Å². The third-order valence-electron chi connectivity index (χ3n) is 3.92. The summed E-state index contributed by atoms with van der Waals surface area (Å²) in [5.41, 5.74) is 0.979. The lowest BCUT2D eigenvalue weighted by Gasteiger charge is -2.20. The number of methoxy groups -OCH3 is 1. The van der Waals surface area contributed by atoms with Crippen LogP contribution in [0.1, 0.15) is 48.8 Å². The third kappa shape index (κ3) is 4.11. The minimum atomic E-state index is -0.609. The molecule has 1 aromatic heterocycles. The van der Waals surface area contributed by atoms with Crippen LogP contribution in [0.2, 0.25) is 10.0 Å². The molecule has 0 aliphatic rings. The van der Waals surface area contributed by atoms with Crippen molar-refractivity contribution in [2.24, 2.45) is 0 Å². The van der Waals surface area contributed by atoms with Gasteiger partial charge in [0, 0.05) is 6.42 Å². The van der Waals surface area contributed by atoms with Gasteiger partial charge in [0.1, 0.15) is 5.82 Å². The molecule has 0 bridgehead atoms. The molecule has 6 nitrogen and oxygen atoms in total. The normalized spacial score (nSPS) is 11.9.